The van der Waals surface area contributed by atoms with Gasteiger partial charge in [0.1, 0.15) is 23.7 Å². The lowest BCUT2D eigenvalue weighted by molar-refractivity contribution is 0.0137. The Balaban J connectivity index is 1.66. The molecule has 6 nitrogen and oxygen atoms in total. The number of phenolic OH excluding ortho intramolecular Hbond substituents is 1. The third kappa shape index (κ3) is 5.98. The van der Waals surface area contributed by atoms with Gasteiger partial charge in [0.15, 0.2) is 0 Å². The number of hydrogen-bond donors (Lipinski definition) is 1. The van der Waals surface area contributed by atoms with Crippen molar-refractivity contribution in [3.05, 3.63) is 24.3 Å². The highest BCUT2D eigenvalue weighted by molar-refractivity contribution is 5.68. The van der Waals surface area contributed by atoms with E-state index in [1.807, 2.05) is 20.8 Å². The fraction of sp³-hybridized carbons (Fsp3) is 0.588. The molecule has 0 unspecified atom stereocenters. The van der Waals surface area contributed by atoms with Crippen molar-refractivity contribution < 1.29 is 19.4 Å². The number of rotatable bonds is 4. The molecule has 1 amide bonds. The Morgan fingerprint density at radius 3 is 2.30 bits per heavy atom. The van der Waals surface area contributed by atoms with Gasteiger partial charge >= 0.3 is 6.09 Å². The average Bonchev–Trinajstić information content (AvgIpc) is 2.48. The van der Waals surface area contributed by atoms with Gasteiger partial charge in [-0.3, -0.25) is 4.90 Å². The molecule has 0 radical (unpaired) electrons. The second-order valence-electron chi connectivity index (χ2n) is 6.65. The molecule has 1 N–H and O–H groups in total. The predicted octanol–water partition coefficient (Wildman–Crippen LogP) is 2.32. The first-order valence-corrected chi connectivity index (χ1v) is 7.95. The van der Waals surface area contributed by atoms with Crippen molar-refractivity contribution in [3.63, 3.8) is 0 Å². The van der Waals surface area contributed by atoms with Crippen LogP contribution in [0.2, 0.25) is 0 Å². The lowest BCUT2D eigenvalue weighted by atomic mass is 10.2. The highest BCUT2D eigenvalue weighted by Crippen LogP contribution is 2.16. The fourth-order valence-electron chi connectivity index (χ4n) is 2.32. The number of nitrogens with zero attached hydrogens (tertiary/aromatic N) is 2. The maximum absolute atomic E-state index is 12.0. The second kappa shape index (κ2) is 7.55. The van der Waals surface area contributed by atoms with Crippen molar-refractivity contribution in [2.75, 3.05) is 39.3 Å². The molecule has 1 fully saturated rings. The molecule has 0 atom stereocenters. The zero-order valence-electron chi connectivity index (χ0n) is 14.1. The minimum absolute atomic E-state index is 0.232. The molecule has 6 heteroatoms. The van der Waals surface area contributed by atoms with Gasteiger partial charge in [-0.25, -0.2) is 4.79 Å². The van der Waals surface area contributed by atoms with E-state index in [1.54, 1.807) is 29.2 Å². The first kappa shape index (κ1) is 17.4. The lowest BCUT2D eigenvalue weighted by Crippen LogP contribution is -2.50. The molecule has 1 heterocycles. The summed E-state index contributed by atoms with van der Waals surface area (Å²) in [5, 5.41) is 9.22. The van der Waals surface area contributed by atoms with Crippen molar-refractivity contribution in [2.24, 2.45) is 0 Å². The summed E-state index contributed by atoms with van der Waals surface area (Å²) >= 11 is 0. The molecule has 1 aliphatic heterocycles. The molecular weight excluding hydrogens is 296 g/mol. The number of benzene rings is 1. The third-order valence-electron chi connectivity index (χ3n) is 3.54. The maximum Gasteiger partial charge on any atom is 0.410 e. The fourth-order valence-corrected chi connectivity index (χ4v) is 2.32. The van der Waals surface area contributed by atoms with Crippen LogP contribution in [0, 0.1) is 0 Å². The molecule has 1 aliphatic rings. The second-order valence-corrected chi connectivity index (χ2v) is 6.65. The quantitative estimate of drug-likeness (QED) is 0.922. The van der Waals surface area contributed by atoms with E-state index in [-0.39, 0.29) is 11.8 Å². The van der Waals surface area contributed by atoms with Crippen LogP contribution in [0.25, 0.3) is 0 Å². The molecule has 128 valence electrons. The highest BCUT2D eigenvalue weighted by atomic mass is 16.6. The molecule has 2 rings (SSSR count). The van der Waals surface area contributed by atoms with E-state index in [1.165, 1.54) is 0 Å². The molecule has 1 saturated heterocycles. The summed E-state index contributed by atoms with van der Waals surface area (Å²) in [6.07, 6.45) is -0.238. The molecular formula is C17H26N2O4. The van der Waals surface area contributed by atoms with Gasteiger partial charge in [0.25, 0.3) is 0 Å². The average molecular weight is 322 g/mol. The number of carbonyl (C=O) groups is 1. The van der Waals surface area contributed by atoms with E-state index in [9.17, 15) is 9.90 Å². The number of ether oxygens (including phenoxy) is 2. The lowest BCUT2D eigenvalue weighted by Gasteiger charge is -2.35. The van der Waals surface area contributed by atoms with Crippen LogP contribution < -0.4 is 4.74 Å². The number of piperazine rings is 1. The molecule has 1 aromatic carbocycles. The number of phenols is 1. The number of hydrogen-bond acceptors (Lipinski definition) is 5. The molecule has 0 saturated carbocycles. The zero-order valence-corrected chi connectivity index (χ0v) is 14.1. The summed E-state index contributed by atoms with van der Waals surface area (Å²) in [4.78, 5) is 16.0. The van der Waals surface area contributed by atoms with Crippen LogP contribution in [-0.4, -0.2) is 65.9 Å². The maximum atomic E-state index is 12.0. The van der Waals surface area contributed by atoms with E-state index in [0.717, 1.165) is 25.4 Å². The van der Waals surface area contributed by atoms with Crippen molar-refractivity contribution in [2.45, 2.75) is 26.4 Å². The molecule has 0 bridgehead atoms. The van der Waals surface area contributed by atoms with Crippen LogP contribution in [0.4, 0.5) is 4.79 Å². The Labute approximate surface area is 137 Å². The third-order valence-corrected chi connectivity index (χ3v) is 3.54. The topological polar surface area (TPSA) is 62.2 Å². The van der Waals surface area contributed by atoms with Crippen molar-refractivity contribution in [1.29, 1.82) is 0 Å². The molecule has 1 aromatic rings. The summed E-state index contributed by atoms with van der Waals surface area (Å²) in [5.74, 6) is 0.978. The van der Waals surface area contributed by atoms with Gasteiger partial charge < -0.3 is 19.5 Å². The van der Waals surface area contributed by atoms with Gasteiger partial charge in [0.05, 0.1) is 0 Å². The summed E-state index contributed by atoms with van der Waals surface area (Å²) < 4.78 is 11.0. The molecule has 0 spiro atoms. The summed E-state index contributed by atoms with van der Waals surface area (Å²) in [6.45, 7) is 10.0. The number of aromatic hydroxyl groups is 1. The molecule has 0 aliphatic carbocycles. The van der Waals surface area contributed by atoms with E-state index >= 15 is 0 Å². The molecule has 0 aromatic heterocycles. The number of carbonyl (C=O) groups excluding carboxylic acids is 1. The minimum Gasteiger partial charge on any atom is -0.508 e. The van der Waals surface area contributed by atoms with Gasteiger partial charge in [-0.1, -0.05) is 0 Å². The summed E-state index contributed by atoms with van der Waals surface area (Å²) in [7, 11) is 0. The standard InChI is InChI=1S/C17H26N2O4/c1-17(2,3)23-16(21)19-10-8-18(9-11-19)12-13-22-15-6-4-14(20)5-7-15/h4-7,20H,8-13H2,1-3H3. The minimum atomic E-state index is -0.452. The van der Waals surface area contributed by atoms with Crippen molar-refractivity contribution in [1.82, 2.24) is 9.80 Å². The summed E-state index contributed by atoms with van der Waals surface area (Å²) in [5.41, 5.74) is -0.452. The van der Waals surface area contributed by atoms with Gasteiger partial charge in [-0.05, 0) is 45.0 Å². The van der Waals surface area contributed by atoms with E-state index in [0.29, 0.717) is 19.7 Å². The van der Waals surface area contributed by atoms with E-state index in [4.69, 9.17) is 9.47 Å². The van der Waals surface area contributed by atoms with Crippen LogP contribution in [0.3, 0.4) is 0 Å². The van der Waals surface area contributed by atoms with E-state index in [2.05, 4.69) is 4.90 Å². The molecule has 23 heavy (non-hydrogen) atoms. The SMILES string of the molecule is CC(C)(C)OC(=O)N1CCN(CCOc2ccc(O)cc2)CC1. The zero-order chi connectivity index (χ0) is 16.9. The van der Waals surface area contributed by atoms with Crippen LogP contribution in [0.1, 0.15) is 20.8 Å². The first-order valence-electron chi connectivity index (χ1n) is 7.95. The van der Waals surface area contributed by atoms with Gasteiger partial charge in [0.2, 0.25) is 0 Å². The Hall–Kier alpha value is -1.95. The van der Waals surface area contributed by atoms with Crippen LogP contribution in [-0.2, 0) is 4.74 Å². The number of amides is 1. The monoisotopic (exact) mass is 322 g/mol. The Bertz CT molecular complexity index is 502. The largest absolute Gasteiger partial charge is 0.508 e. The van der Waals surface area contributed by atoms with Crippen LogP contribution in [0.5, 0.6) is 11.5 Å². The normalized spacial score (nSPS) is 16.2. The highest BCUT2D eigenvalue weighted by Gasteiger charge is 2.25. The predicted molar refractivity (Wildman–Crippen MR) is 87.8 cm³/mol. The first-order chi connectivity index (χ1) is 10.8. The Kier molecular flexibility index (Phi) is 5.71. The summed E-state index contributed by atoms with van der Waals surface area (Å²) in [6, 6.07) is 6.70. The van der Waals surface area contributed by atoms with Crippen molar-refractivity contribution in [3.8, 4) is 11.5 Å². The van der Waals surface area contributed by atoms with Crippen LogP contribution in [0.15, 0.2) is 24.3 Å². The van der Waals surface area contributed by atoms with Gasteiger partial charge in [-0.2, -0.15) is 0 Å². The Morgan fingerprint density at radius 2 is 1.74 bits per heavy atom. The smallest absolute Gasteiger partial charge is 0.410 e. The Morgan fingerprint density at radius 1 is 1.13 bits per heavy atom. The van der Waals surface area contributed by atoms with Crippen molar-refractivity contribution >= 4 is 6.09 Å². The van der Waals surface area contributed by atoms with Gasteiger partial charge in [0, 0.05) is 32.7 Å². The van der Waals surface area contributed by atoms with Gasteiger partial charge in [-0.15, -0.1) is 0 Å². The van der Waals surface area contributed by atoms with E-state index < -0.39 is 5.60 Å². The van der Waals surface area contributed by atoms with Crippen LogP contribution >= 0.6 is 0 Å².